The van der Waals surface area contributed by atoms with Crippen molar-refractivity contribution in [3.63, 3.8) is 0 Å². The van der Waals surface area contributed by atoms with Gasteiger partial charge in [0, 0.05) is 4.75 Å². The molecule has 1 rings (SSSR count). The molecule has 0 bridgehead atoms. The zero-order chi connectivity index (χ0) is 13.3. The first-order valence-corrected chi connectivity index (χ1v) is 8.99. The van der Waals surface area contributed by atoms with E-state index in [1.54, 1.807) is 0 Å². The van der Waals surface area contributed by atoms with Crippen LogP contribution < -0.4 is 0 Å². The zero-order valence-electron chi connectivity index (χ0n) is 12.4. The molecule has 1 aliphatic rings. The van der Waals surface area contributed by atoms with Crippen molar-refractivity contribution in [2.75, 3.05) is 5.75 Å². The number of rotatable bonds is 10. The molecule has 0 aliphatic carbocycles. The van der Waals surface area contributed by atoms with Gasteiger partial charge < -0.3 is 5.11 Å². The highest BCUT2D eigenvalue weighted by molar-refractivity contribution is 8.00. The third kappa shape index (κ3) is 5.97. The molecule has 0 saturated carbocycles. The number of thioether (sulfide) groups is 1. The van der Waals surface area contributed by atoms with Gasteiger partial charge in [-0.25, -0.2) is 0 Å². The normalized spacial score (nSPS) is 25.5. The molecular formula is C16H32OS. The minimum absolute atomic E-state index is 0.0786. The second-order valence-corrected chi connectivity index (χ2v) is 7.67. The molecule has 2 atom stereocenters. The highest BCUT2D eigenvalue weighted by atomic mass is 32.2. The highest BCUT2D eigenvalue weighted by Crippen LogP contribution is 2.41. The van der Waals surface area contributed by atoms with E-state index in [2.05, 4.69) is 13.8 Å². The summed E-state index contributed by atoms with van der Waals surface area (Å²) in [5.41, 5.74) is 0. The maximum atomic E-state index is 10.3. The summed E-state index contributed by atoms with van der Waals surface area (Å²) < 4.78 is 0.168. The summed E-state index contributed by atoms with van der Waals surface area (Å²) in [5, 5.41) is 10.3. The molecule has 1 aliphatic heterocycles. The molecule has 0 radical (unpaired) electrons. The van der Waals surface area contributed by atoms with Gasteiger partial charge in [-0.15, -0.1) is 0 Å². The lowest BCUT2D eigenvalue weighted by molar-refractivity contribution is 0.121. The summed E-state index contributed by atoms with van der Waals surface area (Å²) in [5.74, 6) is 1.24. The average Bonchev–Trinajstić information content (AvgIpc) is 2.81. The van der Waals surface area contributed by atoms with Crippen LogP contribution in [-0.4, -0.2) is 21.7 Å². The Balaban J connectivity index is 1.94. The minimum atomic E-state index is -0.0786. The Morgan fingerprint density at radius 3 is 2.22 bits per heavy atom. The van der Waals surface area contributed by atoms with Gasteiger partial charge in [0.1, 0.15) is 0 Å². The van der Waals surface area contributed by atoms with E-state index in [9.17, 15) is 5.11 Å². The molecule has 0 amide bonds. The van der Waals surface area contributed by atoms with Crippen LogP contribution in [0.1, 0.15) is 84.5 Å². The second-order valence-electron chi connectivity index (χ2n) is 6.04. The maximum absolute atomic E-state index is 10.3. The topological polar surface area (TPSA) is 20.2 Å². The van der Waals surface area contributed by atoms with E-state index in [0.29, 0.717) is 0 Å². The third-order valence-electron chi connectivity index (χ3n) is 4.29. The maximum Gasteiger partial charge on any atom is 0.0684 e. The Morgan fingerprint density at radius 1 is 1.06 bits per heavy atom. The van der Waals surface area contributed by atoms with Crippen molar-refractivity contribution in [2.45, 2.75) is 95.3 Å². The summed E-state index contributed by atoms with van der Waals surface area (Å²) in [7, 11) is 0. The van der Waals surface area contributed by atoms with Gasteiger partial charge in [0.05, 0.1) is 6.10 Å². The third-order valence-corrected chi connectivity index (χ3v) is 5.91. The van der Waals surface area contributed by atoms with Gasteiger partial charge in [-0.2, -0.15) is 11.8 Å². The fraction of sp³-hybridized carbons (Fsp3) is 1.00. The lowest BCUT2D eigenvalue weighted by atomic mass is 9.94. The SMILES string of the molecule is CCCCCCCCCCC(O)C1(C)CCCS1. The number of hydrogen-bond donors (Lipinski definition) is 1. The number of aliphatic hydroxyl groups is 1. The molecule has 1 saturated heterocycles. The van der Waals surface area contributed by atoms with Gasteiger partial charge in [-0.3, -0.25) is 0 Å². The van der Waals surface area contributed by atoms with Gasteiger partial charge in [-0.1, -0.05) is 58.3 Å². The molecule has 1 heterocycles. The van der Waals surface area contributed by atoms with Crippen molar-refractivity contribution in [2.24, 2.45) is 0 Å². The van der Waals surface area contributed by atoms with Gasteiger partial charge in [0.2, 0.25) is 0 Å². The molecule has 1 nitrogen and oxygen atoms in total. The predicted octanol–water partition coefficient (Wildman–Crippen LogP) is 5.16. The largest absolute Gasteiger partial charge is 0.392 e. The monoisotopic (exact) mass is 272 g/mol. The fourth-order valence-corrected chi connectivity index (χ4v) is 4.19. The first-order chi connectivity index (χ1) is 8.69. The van der Waals surface area contributed by atoms with Crippen molar-refractivity contribution >= 4 is 11.8 Å². The summed E-state index contributed by atoms with van der Waals surface area (Å²) in [6.07, 6.45) is 14.3. The summed E-state index contributed by atoms with van der Waals surface area (Å²) in [6, 6.07) is 0. The van der Waals surface area contributed by atoms with Gasteiger partial charge in [0.25, 0.3) is 0 Å². The van der Waals surface area contributed by atoms with Crippen LogP contribution in [-0.2, 0) is 0 Å². The van der Waals surface area contributed by atoms with Crippen LogP contribution in [0.15, 0.2) is 0 Å². The van der Waals surface area contributed by atoms with Crippen molar-refractivity contribution in [1.82, 2.24) is 0 Å². The van der Waals surface area contributed by atoms with Crippen LogP contribution in [0.5, 0.6) is 0 Å². The van der Waals surface area contributed by atoms with Gasteiger partial charge >= 0.3 is 0 Å². The van der Waals surface area contributed by atoms with Crippen LogP contribution in [0.25, 0.3) is 0 Å². The zero-order valence-corrected chi connectivity index (χ0v) is 13.2. The summed E-state index contributed by atoms with van der Waals surface area (Å²) in [6.45, 7) is 4.52. The van der Waals surface area contributed by atoms with Crippen LogP contribution >= 0.6 is 11.8 Å². The Morgan fingerprint density at radius 2 is 1.67 bits per heavy atom. The van der Waals surface area contributed by atoms with Crippen molar-refractivity contribution in [1.29, 1.82) is 0 Å². The van der Waals surface area contributed by atoms with Crippen LogP contribution in [0.2, 0.25) is 0 Å². The molecule has 0 spiro atoms. The van der Waals surface area contributed by atoms with Gasteiger partial charge in [-0.05, 0) is 31.9 Å². The quantitative estimate of drug-likeness (QED) is 0.554. The molecule has 0 aromatic rings. The molecule has 0 aromatic carbocycles. The lowest BCUT2D eigenvalue weighted by Gasteiger charge is -2.29. The standard InChI is InChI=1S/C16H32OS/c1-3-4-5-6-7-8-9-10-12-15(17)16(2)13-11-14-18-16/h15,17H,3-14H2,1-2H3. The number of unbranched alkanes of at least 4 members (excludes halogenated alkanes) is 7. The minimum Gasteiger partial charge on any atom is -0.392 e. The molecule has 1 N–H and O–H groups in total. The van der Waals surface area contributed by atoms with E-state index in [4.69, 9.17) is 0 Å². The van der Waals surface area contributed by atoms with E-state index in [-0.39, 0.29) is 10.9 Å². The first-order valence-electron chi connectivity index (χ1n) is 8.01. The molecule has 18 heavy (non-hydrogen) atoms. The van der Waals surface area contributed by atoms with E-state index in [1.165, 1.54) is 70.0 Å². The molecule has 108 valence electrons. The van der Waals surface area contributed by atoms with Crippen LogP contribution in [0.3, 0.4) is 0 Å². The summed E-state index contributed by atoms with van der Waals surface area (Å²) in [4.78, 5) is 0. The van der Waals surface area contributed by atoms with Crippen LogP contribution in [0, 0.1) is 0 Å². The Labute approximate surface area is 118 Å². The lowest BCUT2D eigenvalue weighted by Crippen LogP contribution is -2.33. The second kappa shape index (κ2) is 9.25. The van der Waals surface area contributed by atoms with E-state index in [0.717, 1.165) is 6.42 Å². The van der Waals surface area contributed by atoms with Gasteiger partial charge in [0.15, 0.2) is 0 Å². The van der Waals surface area contributed by atoms with E-state index >= 15 is 0 Å². The highest BCUT2D eigenvalue weighted by Gasteiger charge is 2.36. The van der Waals surface area contributed by atoms with E-state index < -0.39 is 0 Å². The van der Waals surface area contributed by atoms with Crippen molar-refractivity contribution in [3.8, 4) is 0 Å². The van der Waals surface area contributed by atoms with Crippen LogP contribution in [0.4, 0.5) is 0 Å². The molecule has 2 heteroatoms. The smallest absolute Gasteiger partial charge is 0.0684 e. The molecular weight excluding hydrogens is 240 g/mol. The van der Waals surface area contributed by atoms with Crippen molar-refractivity contribution < 1.29 is 5.11 Å². The first kappa shape index (κ1) is 16.4. The molecule has 1 fully saturated rings. The summed E-state index contributed by atoms with van der Waals surface area (Å²) >= 11 is 1.98. The van der Waals surface area contributed by atoms with Crippen molar-refractivity contribution in [3.05, 3.63) is 0 Å². The molecule has 2 unspecified atom stereocenters. The van der Waals surface area contributed by atoms with E-state index in [1.807, 2.05) is 11.8 Å². The fourth-order valence-electron chi connectivity index (χ4n) is 2.84. The number of aliphatic hydroxyl groups excluding tert-OH is 1. The average molecular weight is 272 g/mol. The number of hydrogen-bond acceptors (Lipinski definition) is 2. The Hall–Kier alpha value is 0.310. The Kier molecular flexibility index (Phi) is 8.41. The predicted molar refractivity (Wildman–Crippen MR) is 83.3 cm³/mol. The Bertz CT molecular complexity index is 199. The molecule has 0 aromatic heterocycles.